The SMILES string of the molecule is CCCN(CCC)C1CCN(c2ccc(-c3c4cccc(C(F)(F)F)c4nn3Cc3c(F)cc(F)cc3F)cc2)CC1. The molecule has 1 aliphatic rings. The van der Waals surface area contributed by atoms with Gasteiger partial charge in [-0.05, 0) is 57.0 Å². The number of alkyl halides is 3. The van der Waals surface area contributed by atoms with E-state index in [1.54, 1.807) is 12.1 Å². The van der Waals surface area contributed by atoms with E-state index in [0.717, 1.165) is 68.3 Å². The Morgan fingerprint density at radius 1 is 0.881 bits per heavy atom. The number of fused-ring (bicyclic) bond motifs is 1. The van der Waals surface area contributed by atoms with Crippen molar-refractivity contribution in [2.75, 3.05) is 31.1 Å². The van der Waals surface area contributed by atoms with Crippen molar-refractivity contribution >= 4 is 16.6 Å². The molecule has 4 nitrogen and oxygen atoms in total. The number of hydrogen-bond acceptors (Lipinski definition) is 3. The molecule has 0 bridgehead atoms. The highest BCUT2D eigenvalue weighted by Gasteiger charge is 2.35. The van der Waals surface area contributed by atoms with Crippen LogP contribution in [-0.4, -0.2) is 46.9 Å². The Balaban J connectivity index is 1.47. The summed E-state index contributed by atoms with van der Waals surface area (Å²) in [6, 6.07) is 12.8. The molecule has 0 aliphatic carbocycles. The molecule has 42 heavy (non-hydrogen) atoms. The average Bonchev–Trinajstić information content (AvgIpc) is 3.32. The van der Waals surface area contributed by atoms with Crippen LogP contribution >= 0.6 is 0 Å². The zero-order valence-corrected chi connectivity index (χ0v) is 23.7. The second-order valence-electron chi connectivity index (χ2n) is 10.9. The first kappa shape index (κ1) is 29.9. The quantitative estimate of drug-likeness (QED) is 0.184. The molecular formula is C32H34F6N4. The van der Waals surface area contributed by atoms with Crippen molar-refractivity contribution < 1.29 is 26.3 Å². The number of benzene rings is 3. The molecular weight excluding hydrogens is 554 g/mol. The molecule has 0 spiro atoms. The Hall–Kier alpha value is -3.53. The second-order valence-corrected chi connectivity index (χ2v) is 10.9. The van der Waals surface area contributed by atoms with E-state index in [-0.39, 0.29) is 10.9 Å². The fourth-order valence-corrected chi connectivity index (χ4v) is 6.04. The summed E-state index contributed by atoms with van der Waals surface area (Å²) in [4.78, 5) is 4.88. The van der Waals surface area contributed by atoms with Crippen molar-refractivity contribution in [2.45, 2.75) is 58.3 Å². The monoisotopic (exact) mass is 588 g/mol. The molecule has 0 saturated carbocycles. The van der Waals surface area contributed by atoms with Crippen LogP contribution in [0.15, 0.2) is 54.6 Å². The van der Waals surface area contributed by atoms with Crippen LogP contribution in [-0.2, 0) is 12.7 Å². The first-order valence-electron chi connectivity index (χ1n) is 14.4. The number of anilines is 1. The Labute approximate surface area is 241 Å². The zero-order chi connectivity index (χ0) is 30.0. The molecule has 4 aromatic rings. The Kier molecular flexibility index (Phi) is 8.82. The first-order valence-corrected chi connectivity index (χ1v) is 14.4. The molecule has 0 unspecified atom stereocenters. The van der Waals surface area contributed by atoms with Crippen molar-refractivity contribution in [3.8, 4) is 11.3 Å². The molecule has 1 saturated heterocycles. The molecule has 0 N–H and O–H groups in total. The van der Waals surface area contributed by atoms with Crippen LogP contribution in [0.4, 0.5) is 32.0 Å². The van der Waals surface area contributed by atoms with Crippen LogP contribution in [0.25, 0.3) is 22.2 Å². The van der Waals surface area contributed by atoms with E-state index in [0.29, 0.717) is 29.4 Å². The van der Waals surface area contributed by atoms with Gasteiger partial charge in [0.25, 0.3) is 0 Å². The van der Waals surface area contributed by atoms with Gasteiger partial charge < -0.3 is 9.80 Å². The maximum Gasteiger partial charge on any atom is 0.418 e. The number of halogens is 6. The lowest BCUT2D eigenvalue weighted by atomic mass is 10.0. The molecule has 1 aromatic heterocycles. The van der Waals surface area contributed by atoms with Gasteiger partial charge in [0.15, 0.2) is 0 Å². The van der Waals surface area contributed by atoms with Gasteiger partial charge in [0, 0.05) is 53.5 Å². The van der Waals surface area contributed by atoms with Crippen molar-refractivity contribution in [3.63, 3.8) is 0 Å². The maximum atomic E-state index is 14.6. The van der Waals surface area contributed by atoms with Crippen LogP contribution in [0.5, 0.6) is 0 Å². The van der Waals surface area contributed by atoms with E-state index in [1.807, 2.05) is 12.1 Å². The minimum atomic E-state index is -4.68. The molecule has 3 aromatic carbocycles. The minimum Gasteiger partial charge on any atom is -0.371 e. The van der Waals surface area contributed by atoms with E-state index in [9.17, 15) is 26.3 Å². The van der Waals surface area contributed by atoms with E-state index in [4.69, 9.17) is 0 Å². The number of aromatic nitrogens is 2. The van der Waals surface area contributed by atoms with Gasteiger partial charge in [-0.25, -0.2) is 13.2 Å². The first-order chi connectivity index (χ1) is 20.1. The number of rotatable bonds is 9. The standard InChI is InChI=1S/C32H34F6N4/c1-3-14-40(15-4-2)24-12-16-41(17-13-24)23-10-8-21(9-11-23)31-25-6-5-7-27(32(36,37)38)30(25)39-42(31)20-26-28(34)18-22(33)19-29(26)35/h5-11,18-19,24H,3-4,12-17,20H2,1-2H3. The Morgan fingerprint density at radius 2 is 1.50 bits per heavy atom. The summed E-state index contributed by atoms with van der Waals surface area (Å²) in [5.74, 6) is -3.35. The average molecular weight is 589 g/mol. The van der Waals surface area contributed by atoms with Crippen molar-refractivity contribution in [1.82, 2.24) is 14.7 Å². The second kappa shape index (κ2) is 12.4. The third kappa shape index (κ3) is 6.14. The predicted molar refractivity (Wildman–Crippen MR) is 153 cm³/mol. The summed E-state index contributed by atoms with van der Waals surface area (Å²) in [5.41, 5.74) is 0.0858. The summed E-state index contributed by atoms with van der Waals surface area (Å²) >= 11 is 0. The summed E-state index contributed by atoms with van der Waals surface area (Å²) in [7, 11) is 0. The molecule has 1 fully saturated rings. The third-order valence-electron chi connectivity index (χ3n) is 8.00. The van der Waals surface area contributed by atoms with E-state index in [1.165, 1.54) is 12.1 Å². The highest BCUT2D eigenvalue weighted by Crippen LogP contribution is 2.39. The lowest BCUT2D eigenvalue weighted by molar-refractivity contribution is -0.136. The van der Waals surface area contributed by atoms with Crippen LogP contribution in [0.1, 0.15) is 50.7 Å². The van der Waals surface area contributed by atoms with Gasteiger partial charge in [-0.15, -0.1) is 0 Å². The van der Waals surface area contributed by atoms with Gasteiger partial charge in [0.1, 0.15) is 23.0 Å². The normalized spacial score (nSPS) is 14.8. The van der Waals surface area contributed by atoms with Gasteiger partial charge in [-0.2, -0.15) is 18.3 Å². The van der Waals surface area contributed by atoms with Crippen LogP contribution in [0.2, 0.25) is 0 Å². The van der Waals surface area contributed by atoms with Crippen LogP contribution < -0.4 is 4.90 Å². The topological polar surface area (TPSA) is 24.3 Å². The molecule has 0 radical (unpaired) electrons. The number of piperidine rings is 1. The zero-order valence-electron chi connectivity index (χ0n) is 23.7. The minimum absolute atomic E-state index is 0.202. The Bertz CT molecular complexity index is 1490. The molecule has 2 heterocycles. The lowest BCUT2D eigenvalue weighted by Gasteiger charge is -2.39. The van der Waals surface area contributed by atoms with Gasteiger partial charge in [0.2, 0.25) is 0 Å². The molecule has 5 rings (SSSR count). The maximum absolute atomic E-state index is 14.6. The lowest BCUT2D eigenvalue weighted by Crippen LogP contribution is -2.45. The highest BCUT2D eigenvalue weighted by atomic mass is 19.4. The fraction of sp³-hybridized carbons (Fsp3) is 0.406. The van der Waals surface area contributed by atoms with E-state index in [2.05, 4.69) is 28.7 Å². The fourth-order valence-electron chi connectivity index (χ4n) is 6.04. The van der Waals surface area contributed by atoms with E-state index >= 15 is 0 Å². The summed E-state index contributed by atoms with van der Waals surface area (Å²) in [5, 5.41) is 4.38. The van der Waals surface area contributed by atoms with Crippen molar-refractivity contribution in [1.29, 1.82) is 0 Å². The predicted octanol–water partition coefficient (Wildman–Crippen LogP) is 8.28. The summed E-state index contributed by atoms with van der Waals surface area (Å²) in [6.07, 6.45) is -0.333. The molecule has 1 aliphatic heterocycles. The van der Waals surface area contributed by atoms with Crippen LogP contribution in [0, 0.1) is 17.5 Å². The Morgan fingerprint density at radius 3 is 2.07 bits per heavy atom. The van der Waals surface area contributed by atoms with E-state index < -0.39 is 41.3 Å². The molecule has 0 atom stereocenters. The number of nitrogens with zero attached hydrogens (tertiary/aromatic N) is 4. The summed E-state index contributed by atoms with van der Waals surface area (Å²) in [6.45, 7) is 7.86. The smallest absolute Gasteiger partial charge is 0.371 e. The van der Waals surface area contributed by atoms with Gasteiger partial charge in [-0.3, -0.25) is 4.68 Å². The van der Waals surface area contributed by atoms with Gasteiger partial charge in [0.05, 0.1) is 17.8 Å². The van der Waals surface area contributed by atoms with Crippen molar-refractivity contribution in [3.05, 3.63) is 83.2 Å². The number of hydrogen-bond donors (Lipinski definition) is 0. The molecule has 10 heteroatoms. The highest BCUT2D eigenvalue weighted by molar-refractivity contribution is 5.95. The largest absolute Gasteiger partial charge is 0.418 e. The summed E-state index contributed by atoms with van der Waals surface area (Å²) < 4.78 is 85.4. The third-order valence-corrected chi connectivity index (χ3v) is 8.00. The molecule has 224 valence electrons. The van der Waals surface area contributed by atoms with Crippen molar-refractivity contribution in [2.24, 2.45) is 0 Å². The van der Waals surface area contributed by atoms with Gasteiger partial charge >= 0.3 is 6.18 Å². The van der Waals surface area contributed by atoms with Gasteiger partial charge in [-0.1, -0.05) is 38.1 Å². The van der Waals surface area contributed by atoms with Crippen LogP contribution in [0.3, 0.4) is 0 Å². The molecule has 0 amide bonds.